The molecular formula is C33H42O10. The molecular weight excluding hydrogens is 556 g/mol. The number of fused-ring (bicyclic) bond motifs is 2. The topological polar surface area (TPSA) is 103 Å². The molecule has 234 valence electrons. The third kappa shape index (κ3) is 5.91. The molecule has 5 fully saturated rings. The number of aliphatic hydroxyl groups is 1. The first-order valence-electron chi connectivity index (χ1n) is 15.2. The molecule has 7 rings (SSSR count). The zero-order valence-electron chi connectivity index (χ0n) is 25.1. The fourth-order valence-electron chi connectivity index (χ4n) is 6.92. The zero-order valence-corrected chi connectivity index (χ0v) is 25.1. The number of hydrogen-bond acceptors (Lipinski definition) is 10. The molecule has 1 N–H and O–H groups in total. The van der Waals surface area contributed by atoms with Gasteiger partial charge in [0.05, 0.1) is 32.5 Å². The van der Waals surface area contributed by atoms with E-state index >= 15 is 0 Å². The first-order valence-corrected chi connectivity index (χ1v) is 15.2. The van der Waals surface area contributed by atoms with Crippen LogP contribution in [0.15, 0.2) is 60.7 Å². The van der Waals surface area contributed by atoms with E-state index in [4.69, 9.17) is 42.6 Å². The summed E-state index contributed by atoms with van der Waals surface area (Å²) < 4.78 is 56.5. The Morgan fingerprint density at radius 2 is 1.51 bits per heavy atom. The maximum Gasteiger partial charge on any atom is 0.190 e. The molecule has 10 atom stereocenters. The lowest BCUT2D eigenvalue weighted by Gasteiger charge is -2.38. The predicted molar refractivity (Wildman–Crippen MR) is 151 cm³/mol. The van der Waals surface area contributed by atoms with Crippen molar-refractivity contribution in [1.82, 2.24) is 0 Å². The maximum atomic E-state index is 11.3. The lowest BCUT2D eigenvalue weighted by atomic mass is 10.0. The second-order valence-electron chi connectivity index (χ2n) is 13.0. The summed E-state index contributed by atoms with van der Waals surface area (Å²) in [4.78, 5) is 0. The van der Waals surface area contributed by atoms with Crippen LogP contribution in [-0.2, 0) is 55.8 Å². The molecule has 43 heavy (non-hydrogen) atoms. The summed E-state index contributed by atoms with van der Waals surface area (Å²) in [5.74, 6) is -1.73. The lowest BCUT2D eigenvalue weighted by molar-refractivity contribution is -0.288. The summed E-state index contributed by atoms with van der Waals surface area (Å²) in [6, 6.07) is 19.9. The third-order valence-corrected chi connectivity index (χ3v) is 9.02. The Hall–Kier alpha value is -1.96. The van der Waals surface area contributed by atoms with Gasteiger partial charge in [-0.1, -0.05) is 60.7 Å². The summed E-state index contributed by atoms with van der Waals surface area (Å²) in [5, 5.41) is 11.3. The normalized spacial score (nSPS) is 40.7. The molecule has 10 nitrogen and oxygen atoms in total. The van der Waals surface area contributed by atoms with Crippen LogP contribution in [0, 0.1) is 5.92 Å². The monoisotopic (exact) mass is 598 g/mol. The van der Waals surface area contributed by atoms with Crippen LogP contribution in [0.25, 0.3) is 0 Å². The van der Waals surface area contributed by atoms with Crippen LogP contribution in [0.2, 0.25) is 0 Å². The first kappa shape index (κ1) is 29.7. The minimum Gasteiger partial charge on any atom is -0.390 e. The lowest BCUT2D eigenvalue weighted by Crippen LogP contribution is -2.51. The highest BCUT2D eigenvalue weighted by Crippen LogP contribution is 2.57. The molecule has 1 saturated carbocycles. The van der Waals surface area contributed by atoms with E-state index in [1.165, 1.54) is 0 Å². The summed E-state index contributed by atoms with van der Waals surface area (Å²) in [6.45, 7) is 8.83. The summed E-state index contributed by atoms with van der Waals surface area (Å²) in [6.07, 6.45) is -3.96. The minimum atomic E-state index is -0.887. The fraction of sp³-hybridized carbons (Fsp3) is 0.636. The number of ether oxygens (including phenoxy) is 9. The molecule has 3 unspecified atom stereocenters. The second kappa shape index (κ2) is 11.4. The van der Waals surface area contributed by atoms with Crippen molar-refractivity contribution < 1.29 is 47.7 Å². The SMILES string of the molecule is CC1(C)O[C@H]2O[C@H]([C@H]3COC(C)(C)O3)[C@H](O[C@H]3C[C@H]4C(O)C4(OCc4ccccc4)C(COCc4ccccc4)O3)[C@H]2O1. The highest BCUT2D eigenvalue weighted by atomic mass is 16.9. The molecule has 0 aromatic heterocycles. The number of hydrogen-bond donors (Lipinski definition) is 1. The van der Waals surface area contributed by atoms with Crippen molar-refractivity contribution in [3.05, 3.63) is 71.8 Å². The van der Waals surface area contributed by atoms with E-state index in [0.717, 1.165) is 11.1 Å². The van der Waals surface area contributed by atoms with Gasteiger partial charge in [-0.3, -0.25) is 0 Å². The third-order valence-electron chi connectivity index (χ3n) is 9.02. The van der Waals surface area contributed by atoms with Gasteiger partial charge in [0.2, 0.25) is 0 Å². The van der Waals surface area contributed by atoms with Crippen molar-refractivity contribution in [2.24, 2.45) is 5.92 Å². The number of aliphatic hydroxyl groups excluding tert-OH is 1. The maximum absolute atomic E-state index is 11.3. The Labute approximate surface area is 252 Å². The molecule has 2 aromatic carbocycles. The average molecular weight is 599 g/mol. The van der Waals surface area contributed by atoms with Crippen LogP contribution in [0.3, 0.4) is 0 Å². The van der Waals surface area contributed by atoms with Gasteiger partial charge in [0.1, 0.15) is 36.1 Å². The Balaban J connectivity index is 1.09. The molecule has 4 saturated heterocycles. The Bertz CT molecular complexity index is 1240. The van der Waals surface area contributed by atoms with E-state index in [2.05, 4.69) is 0 Å². The van der Waals surface area contributed by atoms with Gasteiger partial charge < -0.3 is 47.7 Å². The average Bonchev–Trinajstić information content (AvgIpc) is 3.23. The van der Waals surface area contributed by atoms with Crippen molar-refractivity contribution in [3.8, 4) is 0 Å². The quantitative estimate of drug-likeness (QED) is 0.436. The highest BCUT2D eigenvalue weighted by molar-refractivity contribution is 5.23. The van der Waals surface area contributed by atoms with E-state index in [1.807, 2.05) is 88.4 Å². The standard InChI is InChI=1S/C33H42O10/c1-31(2)36-18-23(41-31)26-27(28-30(40-26)43-32(3,4)42-28)39-25-15-22-29(34)33(22,37-17-21-13-9-6-10-14-21)24(38-25)19-35-16-20-11-7-5-8-12-20/h5-14,22-30,34H,15-19H2,1-4H3/t22-,23+,24?,25-,26+,27-,28+,29?,30+,33?/m0/s1. The molecule has 1 aliphatic carbocycles. The second-order valence-corrected chi connectivity index (χ2v) is 13.0. The summed E-state index contributed by atoms with van der Waals surface area (Å²) in [7, 11) is 0. The molecule has 0 spiro atoms. The van der Waals surface area contributed by atoms with Crippen LogP contribution < -0.4 is 0 Å². The number of benzene rings is 2. The van der Waals surface area contributed by atoms with Crippen molar-refractivity contribution >= 4 is 0 Å². The largest absolute Gasteiger partial charge is 0.390 e. The van der Waals surface area contributed by atoms with Crippen LogP contribution in [0.5, 0.6) is 0 Å². The smallest absolute Gasteiger partial charge is 0.190 e. The van der Waals surface area contributed by atoms with Crippen LogP contribution >= 0.6 is 0 Å². The minimum absolute atomic E-state index is 0.181. The van der Waals surface area contributed by atoms with Gasteiger partial charge >= 0.3 is 0 Å². The van der Waals surface area contributed by atoms with Gasteiger partial charge in [-0.2, -0.15) is 0 Å². The van der Waals surface area contributed by atoms with E-state index in [9.17, 15) is 5.11 Å². The van der Waals surface area contributed by atoms with Gasteiger partial charge in [-0.05, 0) is 38.8 Å². The van der Waals surface area contributed by atoms with Gasteiger partial charge in [-0.15, -0.1) is 0 Å². The van der Waals surface area contributed by atoms with Crippen molar-refractivity contribution in [2.75, 3.05) is 13.2 Å². The Kier molecular flexibility index (Phi) is 7.91. The molecule has 10 heteroatoms. The van der Waals surface area contributed by atoms with Gasteiger partial charge in [0.25, 0.3) is 0 Å². The van der Waals surface area contributed by atoms with Gasteiger partial charge in [0.15, 0.2) is 24.2 Å². The highest BCUT2D eigenvalue weighted by Gasteiger charge is 2.74. The van der Waals surface area contributed by atoms with E-state index in [-0.39, 0.29) is 18.6 Å². The summed E-state index contributed by atoms with van der Waals surface area (Å²) >= 11 is 0. The van der Waals surface area contributed by atoms with Crippen LogP contribution in [0.1, 0.15) is 45.2 Å². The fourth-order valence-corrected chi connectivity index (χ4v) is 6.92. The summed E-state index contributed by atoms with van der Waals surface area (Å²) in [5.41, 5.74) is 1.19. The van der Waals surface area contributed by atoms with Gasteiger partial charge in [-0.25, -0.2) is 0 Å². The molecule has 0 bridgehead atoms. The van der Waals surface area contributed by atoms with Crippen molar-refractivity contribution in [1.29, 1.82) is 0 Å². The Morgan fingerprint density at radius 1 is 0.814 bits per heavy atom. The zero-order chi connectivity index (χ0) is 29.8. The van der Waals surface area contributed by atoms with Crippen LogP contribution in [0.4, 0.5) is 0 Å². The molecule has 0 radical (unpaired) electrons. The Morgan fingerprint density at radius 3 is 2.19 bits per heavy atom. The van der Waals surface area contributed by atoms with E-state index in [1.54, 1.807) is 0 Å². The van der Waals surface area contributed by atoms with E-state index < -0.39 is 60.3 Å². The molecule has 2 aromatic rings. The first-order chi connectivity index (χ1) is 20.6. The van der Waals surface area contributed by atoms with E-state index in [0.29, 0.717) is 26.2 Å². The predicted octanol–water partition coefficient (Wildman–Crippen LogP) is 3.68. The number of rotatable bonds is 10. The van der Waals surface area contributed by atoms with Crippen molar-refractivity contribution in [2.45, 2.75) is 114 Å². The van der Waals surface area contributed by atoms with Gasteiger partial charge in [0, 0.05) is 12.3 Å². The van der Waals surface area contributed by atoms with Crippen molar-refractivity contribution in [3.63, 3.8) is 0 Å². The van der Waals surface area contributed by atoms with Crippen LogP contribution in [-0.4, -0.2) is 84.7 Å². The molecule has 4 heterocycles. The molecule has 5 aliphatic rings. The molecule has 4 aliphatic heterocycles. The molecule has 0 amide bonds.